The van der Waals surface area contributed by atoms with E-state index in [1.807, 2.05) is 0 Å². The molecule has 2 heterocycles. The van der Waals surface area contributed by atoms with Crippen molar-refractivity contribution in [3.05, 3.63) is 0 Å². The van der Waals surface area contributed by atoms with E-state index in [-0.39, 0.29) is 18.0 Å². The Hall–Kier alpha value is -0.160. The minimum Gasteiger partial charge on any atom is -0.352 e. The Morgan fingerprint density at radius 2 is 0.920 bits per heavy atom. The predicted octanol–water partition coefficient (Wildman–Crippen LogP) is 5.44. The molecule has 148 valence electrons. The number of hydrogen-bond acceptors (Lipinski definition) is 4. The van der Waals surface area contributed by atoms with Gasteiger partial charge in [0.1, 0.15) is 0 Å². The molecule has 0 atom stereocenters. The maximum Gasteiger partial charge on any atom is 0.157 e. The van der Waals surface area contributed by atoms with Gasteiger partial charge in [-0.1, -0.05) is 65.2 Å². The van der Waals surface area contributed by atoms with Crippen LogP contribution in [0.4, 0.5) is 0 Å². The van der Waals surface area contributed by atoms with Crippen molar-refractivity contribution in [3.8, 4) is 0 Å². The standard InChI is InChI=1S/C21H40O4/c1-3-5-7-9-11-13-19-22-15-21(16-23-19)17-24-20(25-18-21)14-12-10-8-6-4-2/h19-20H,3-18H2,1-2H3. The smallest absolute Gasteiger partial charge is 0.157 e. The molecular formula is C21H40O4. The summed E-state index contributed by atoms with van der Waals surface area (Å²) in [5.41, 5.74) is -0.0859. The van der Waals surface area contributed by atoms with Gasteiger partial charge in [-0.3, -0.25) is 0 Å². The van der Waals surface area contributed by atoms with Crippen LogP contribution in [0.2, 0.25) is 0 Å². The molecule has 0 bridgehead atoms. The van der Waals surface area contributed by atoms with Gasteiger partial charge in [0.2, 0.25) is 0 Å². The fraction of sp³-hybridized carbons (Fsp3) is 1.00. The molecule has 0 aromatic rings. The monoisotopic (exact) mass is 356 g/mol. The van der Waals surface area contributed by atoms with E-state index in [0.29, 0.717) is 26.4 Å². The van der Waals surface area contributed by atoms with Crippen molar-refractivity contribution in [2.24, 2.45) is 5.41 Å². The zero-order valence-corrected chi connectivity index (χ0v) is 16.6. The maximum absolute atomic E-state index is 5.96. The van der Waals surface area contributed by atoms with Crippen LogP contribution >= 0.6 is 0 Å². The van der Waals surface area contributed by atoms with E-state index in [4.69, 9.17) is 18.9 Å². The molecule has 1 spiro atoms. The molecule has 2 aliphatic rings. The molecule has 0 N–H and O–H groups in total. The van der Waals surface area contributed by atoms with E-state index < -0.39 is 0 Å². The molecule has 2 saturated heterocycles. The van der Waals surface area contributed by atoms with Gasteiger partial charge in [-0.05, 0) is 25.7 Å². The van der Waals surface area contributed by atoms with Gasteiger partial charge in [0.25, 0.3) is 0 Å². The minimum atomic E-state index is -0.0859. The molecule has 0 unspecified atom stereocenters. The van der Waals surface area contributed by atoms with Gasteiger partial charge >= 0.3 is 0 Å². The second-order valence-electron chi connectivity index (χ2n) is 8.01. The Kier molecular flexibility index (Phi) is 10.4. The zero-order chi connectivity index (χ0) is 17.8. The molecule has 4 heteroatoms. The summed E-state index contributed by atoms with van der Waals surface area (Å²) in [5.74, 6) is 0. The van der Waals surface area contributed by atoms with Crippen molar-refractivity contribution in [1.82, 2.24) is 0 Å². The second kappa shape index (κ2) is 12.3. The molecule has 2 aliphatic heterocycles. The van der Waals surface area contributed by atoms with Gasteiger partial charge in [-0.25, -0.2) is 0 Å². The van der Waals surface area contributed by atoms with E-state index in [9.17, 15) is 0 Å². The van der Waals surface area contributed by atoms with E-state index in [0.717, 1.165) is 12.8 Å². The average molecular weight is 357 g/mol. The van der Waals surface area contributed by atoms with Crippen LogP contribution in [0.25, 0.3) is 0 Å². The van der Waals surface area contributed by atoms with Crippen LogP contribution in [0.1, 0.15) is 90.9 Å². The topological polar surface area (TPSA) is 36.9 Å². The molecule has 2 rings (SSSR count). The van der Waals surface area contributed by atoms with Crippen LogP contribution < -0.4 is 0 Å². The zero-order valence-electron chi connectivity index (χ0n) is 16.6. The molecule has 4 nitrogen and oxygen atoms in total. The van der Waals surface area contributed by atoms with Crippen molar-refractivity contribution in [3.63, 3.8) is 0 Å². The predicted molar refractivity (Wildman–Crippen MR) is 101 cm³/mol. The van der Waals surface area contributed by atoms with Gasteiger partial charge in [0.05, 0.1) is 31.8 Å². The summed E-state index contributed by atoms with van der Waals surface area (Å²) in [7, 11) is 0. The van der Waals surface area contributed by atoms with Crippen molar-refractivity contribution in [1.29, 1.82) is 0 Å². The largest absolute Gasteiger partial charge is 0.352 e. The van der Waals surface area contributed by atoms with Gasteiger partial charge in [0, 0.05) is 0 Å². The van der Waals surface area contributed by atoms with Gasteiger partial charge in [-0.15, -0.1) is 0 Å². The van der Waals surface area contributed by atoms with E-state index in [1.165, 1.54) is 64.2 Å². The van der Waals surface area contributed by atoms with Crippen LogP contribution in [-0.4, -0.2) is 39.0 Å². The van der Waals surface area contributed by atoms with Crippen LogP contribution in [0.5, 0.6) is 0 Å². The number of ether oxygens (including phenoxy) is 4. The lowest BCUT2D eigenvalue weighted by molar-refractivity contribution is -0.304. The quantitative estimate of drug-likeness (QED) is 0.436. The molecule has 0 aromatic heterocycles. The molecule has 0 saturated carbocycles. The average Bonchev–Trinajstić information content (AvgIpc) is 2.65. The Labute approximate surface area is 154 Å². The number of unbranched alkanes of at least 4 members (excludes halogenated alkanes) is 8. The molecule has 0 aromatic carbocycles. The molecule has 2 fully saturated rings. The highest BCUT2D eigenvalue weighted by Crippen LogP contribution is 2.32. The fourth-order valence-electron chi connectivity index (χ4n) is 3.59. The van der Waals surface area contributed by atoms with E-state index in [1.54, 1.807) is 0 Å². The van der Waals surface area contributed by atoms with Crippen molar-refractivity contribution < 1.29 is 18.9 Å². The Bertz CT molecular complexity index is 282. The molecule has 0 aliphatic carbocycles. The highest BCUT2D eigenvalue weighted by Gasteiger charge is 2.41. The number of rotatable bonds is 12. The van der Waals surface area contributed by atoms with Gasteiger partial charge in [-0.2, -0.15) is 0 Å². The minimum absolute atomic E-state index is 0.0245. The maximum atomic E-state index is 5.96. The third-order valence-corrected chi connectivity index (χ3v) is 5.39. The molecule has 25 heavy (non-hydrogen) atoms. The first-order valence-electron chi connectivity index (χ1n) is 10.7. The van der Waals surface area contributed by atoms with Gasteiger partial charge < -0.3 is 18.9 Å². The van der Waals surface area contributed by atoms with Crippen molar-refractivity contribution >= 4 is 0 Å². The number of hydrogen-bond donors (Lipinski definition) is 0. The van der Waals surface area contributed by atoms with Crippen molar-refractivity contribution in [2.45, 2.75) is 103 Å². The normalized spacial score (nSPS) is 30.0. The van der Waals surface area contributed by atoms with E-state index in [2.05, 4.69) is 13.8 Å². The SMILES string of the molecule is CCCCCCCC1OCC2(CO1)COC(CCCCCCC)OC2. The summed E-state index contributed by atoms with van der Waals surface area (Å²) in [5, 5.41) is 0. The first-order valence-corrected chi connectivity index (χ1v) is 10.7. The second-order valence-corrected chi connectivity index (χ2v) is 8.01. The summed E-state index contributed by atoms with van der Waals surface area (Å²) in [6.07, 6.45) is 14.9. The van der Waals surface area contributed by atoms with Crippen LogP contribution in [0.15, 0.2) is 0 Å². The molecule has 0 radical (unpaired) electrons. The lowest BCUT2D eigenvalue weighted by Crippen LogP contribution is -2.52. The fourth-order valence-corrected chi connectivity index (χ4v) is 3.59. The molecule has 0 amide bonds. The van der Waals surface area contributed by atoms with Crippen LogP contribution in [0, 0.1) is 5.41 Å². The lowest BCUT2D eigenvalue weighted by Gasteiger charge is -2.43. The third kappa shape index (κ3) is 7.94. The van der Waals surface area contributed by atoms with E-state index >= 15 is 0 Å². The van der Waals surface area contributed by atoms with Crippen LogP contribution in [-0.2, 0) is 18.9 Å². The first kappa shape index (κ1) is 21.1. The first-order chi connectivity index (χ1) is 12.3. The third-order valence-electron chi connectivity index (χ3n) is 5.39. The summed E-state index contributed by atoms with van der Waals surface area (Å²) >= 11 is 0. The Morgan fingerprint density at radius 1 is 0.560 bits per heavy atom. The Morgan fingerprint density at radius 3 is 1.28 bits per heavy atom. The lowest BCUT2D eigenvalue weighted by atomic mass is 9.90. The highest BCUT2D eigenvalue weighted by atomic mass is 16.7. The summed E-state index contributed by atoms with van der Waals surface area (Å²) < 4.78 is 23.8. The molecular weight excluding hydrogens is 316 g/mol. The van der Waals surface area contributed by atoms with Gasteiger partial charge in [0.15, 0.2) is 12.6 Å². The van der Waals surface area contributed by atoms with Crippen LogP contribution in [0.3, 0.4) is 0 Å². The summed E-state index contributed by atoms with van der Waals surface area (Å²) in [6.45, 7) is 7.31. The highest BCUT2D eigenvalue weighted by molar-refractivity contribution is 4.84. The van der Waals surface area contributed by atoms with Crippen molar-refractivity contribution in [2.75, 3.05) is 26.4 Å². The Balaban J connectivity index is 1.53. The summed E-state index contributed by atoms with van der Waals surface area (Å²) in [6, 6.07) is 0. The summed E-state index contributed by atoms with van der Waals surface area (Å²) in [4.78, 5) is 0.